The van der Waals surface area contributed by atoms with Crippen molar-refractivity contribution in [1.29, 1.82) is 0 Å². The van der Waals surface area contributed by atoms with Crippen molar-refractivity contribution in [2.45, 2.75) is 58.7 Å². The number of amides is 3. The van der Waals surface area contributed by atoms with Gasteiger partial charge in [-0.1, -0.05) is 35.9 Å². The van der Waals surface area contributed by atoms with Gasteiger partial charge in [0.25, 0.3) is 0 Å². The van der Waals surface area contributed by atoms with E-state index in [-0.39, 0.29) is 18.7 Å². The molecule has 0 heterocycles. The van der Waals surface area contributed by atoms with E-state index < -0.39 is 54.7 Å². The van der Waals surface area contributed by atoms with Crippen LogP contribution in [0.1, 0.15) is 49.1 Å². The minimum atomic E-state index is -1.24. The number of carbonyl (C=O) groups is 4. The van der Waals surface area contributed by atoms with Crippen molar-refractivity contribution in [2.75, 3.05) is 26.8 Å². The Morgan fingerprint density at radius 2 is 1.68 bits per heavy atom. The third-order valence-corrected chi connectivity index (χ3v) is 5.90. The first kappa shape index (κ1) is 32.1. The van der Waals surface area contributed by atoms with E-state index in [4.69, 9.17) is 4.74 Å². The Bertz CT molecular complexity index is 1190. The summed E-state index contributed by atoms with van der Waals surface area (Å²) in [7, 11) is 1.19. The fraction of sp³-hybridized carbons (Fsp3) is 0.448. The fourth-order valence-corrected chi connectivity index (χ4v) is 4.10. The Kier molecular flexibility index (Phi) is 11.5. The minimum absolute atomic E-state index is 0.00364. The highest BCUT2D eigenvalue weighted by Crippen LogP contribution is 2.27. The molecule has 0 aliphatic heterocycles. The maximum absolute atomic E-state index is 14.1. The van der Waals surface area contributed by atoms with Crippen LogP contribution in [0.15, 0.2) is 42.5 Å². The number of nitrogens with one attached hydrogen (secondary N) is 2. The number of hydrogen-bond donors (Lipinski definition) is 4. The maximum atomic E-state index is 14.1. The van der Waals surface area contributed by atoms with Gasteiger partial charge in [0.1, 0.15) is 30.0 Å². The Balaban J connectivity index is 2.56. The molecule has 0 bridgehead atoms. The molecular formula is C29H39N3O8. The zero-order valence-corrected chi connectivity index (χ0v) is 23.8. The van der Waals surface area contributed by atoms with E-state index in [0.29, 0.717) is 16.7 Å². The molecule has 4 N–H and O–H groups in total. The Labute approximate surface area is 234 Å². The first-order valence-electron chi connectivity index (χ1n) is 12.9. The van der Waals surface area contributed by atoms with Crippen molar-refractivity contribution < 1.29 is 38.9 Å². The highest BCUT2D eigenvalue weighted by Gasteiger charge is 2.37. The first-order chi connectivity index (χ1) is 18.7. The number of alkyl carbamates (subject to hydrolysis) is 1. The number of aryl methyl sites for hydroxylation is 2. The highest BCUT2D eigenvalue weighted by atomic mass is 16.6. The Morgan fingerprint density at radius 3 is 2.23 bits per heavy atom. The van der Waals surface area contributed by atoms with E-state index in [9.17, 15) is 29.4 Å². The molecule has 0 radical (unpaired) electrons. The average Bonchev–Trinajstić information content (AvgIpc) is 2.87. The minimum Gasteiger partial charge on any atom is -0.508 e. The van der Waals surface area contributed by atoms with Gasteiger partial charge in [-0.2, -0.15) is 0 Å². The smallest absolute Gasteiger partial charge is 0.408 e. The predicted molar refractivity (Wildman–Crippen MR) is 147 cm³/mol. The molecule has 0 aromatic heterocycles. The van der Waals surface area contributed by atoms with Gasteiger partial charge in [0.15, 0.2) is 0 Å². The van der Waals surface area contributed by atoms with Crippen molar-refractivity contribution in [3.8, 4) is 5.75 Å². The molecule has 2 aromatic carbocycles. The van der Waals surface area contributed by atoms with Gasteiger partial charge in [-0.15, -0.1) is 0 Å². The molecule has 0 saturated carbocycles. The zero-order chi connectivity index (χ0) is 30.0. The number of nitrogens with zero attached hydrogens (tertiary/aromatic N) is 1. The van der Waals surface area contributed by atoms with Crippen molar-refractivity contribution in [3.05, 3.63) is 64.7 Å². The molecule has 2 atom stereocenters. The standard InChI is InChI=1S/C29H39N3O8/c1-18-7-12-22(19(2)15-18)25(26(36)30-17-24(35)39-6)32(13-14-33)27(37)23(31-28(38)40-29(3,4)5)16-20-8-10-21(34)11-9-20/h7-12,15,23,25,33-34H,13-14,16-17H2,1-6H3,(H,30,36)(H,31,38). The summed E-state index contributed by atoms with van der Waals surface area (Å²) in [5.74, 6) is -1.97. The third kappa shape index (κ3) is 9.57. The molecule has 0 aliphatic carbocycles. The summed E-state index contributed by atoms with van der Waals surface area (Å²) in [6, 6.07) is 9.02. The Morgan fingerprint density at radius 1 is 1.02 bits per heavy atom. The van der Waals surface area contributed by atoms with Crippen LogP contribution < -0.4 is 10.6 Å². The van der Waals surface area contributed by atoms with Crippen LogP contribution in [0.4, 0.5) is 4.79 Å². The normalized spacial score (nSPS) is 12.6. The third-order valence-electron chi connectivity index (χ3n) is 5.90. The summed E-state index contributed by atoms with van der Waals surface area (Å²) in [6.45, 7) is 7.58. The number of hydrogen-bond acceptors (Lipinski definition) is 8. The highest BCUT2D eigenvalue weighted by molar-refractivity contribution is 5.93. The van der Waals surface area contributed by atoms with Gasteiger partial charge in [0.2, 0.25) is 11.8 Å². The van der Waals surface area contributed by atoms with Crippen LogP contribution in [0.2, 0.25) is 0 Å². The van der Waals surface area contributed by atoms with Gasteiger partial charge in [0, 0.05) is 13.0 Å². The number of rotatable bonds is 11. The van der Waals surface area contributed by atoms with Gasteiger partial charge >= 0.3 is 12.1 Å². The second-order valence-electron chi connectivity index (χ2n) is 10.4. The first-order valence-corrected chi connectivity index (χ1v) is 12.9. The summed E-state index contributed by atoms with van der Waals surface area (Å²) in [5.41, 5.74) is 1.91. The van der Waals surface area contributed by atoms with E-state index in [1.807, 2.05) is 13.0 Å². The summed E-state index contributed by atoms with van der Waals surface area (Å²) < 4.78 is 10.0. The number of aromatic hydroxyl groups is 1. The number of carbonyl (C=O) groups excluding carboxylic acids is 4. The van der Waals surface area contributed by atoms with Gasteiger partial charge in [-0.3, -0.25) is 14.4 Å². The summed E-state index contributed by atoms with van der Waals surface area (Å²) in [4.78, 5) is 53.3. The van der Waals surface area contributed by atoms with E-state index in [1.54, 1.807) is 52.0 Å². The zero-order valence-electron chi connectivity index (χ0n) is 23.8. The predicted octanol–water partition coefficient (Wildman–Crippen LogP) is 2.30. The van der Waals surface area contributed by atoms with Crippen LogP contribution in [0.25, 0.3) is 0 Å². The topological polar surface area (TPSA) is 154 Å². The number of aliphatic hydroxyl groups is 1. The quantitative estimate of drug-likeness (QED) is 0.307. The van der Waals surface area contributed by atoms with E-state index in [1.165, 1.54) is 24.1 Å². The Hall–Kier alpha value is -4.12. The molecule has 11 nitrogen and oxygen atoms in total. The lowest BCUT2D eigenvalue weighted by atomic mass is 9.95. The second-order valence-corrected chi connectivity index (χ2v) is 10.4. The number of esters is 1. The van der Waals surface area contributed by atoms with E-state index >= 15 is 0 Å². The molecule has 2 unspecified atom stereocenters. The molecule has 3 amide bonds. The van der Waals surface area contributed by atoms with Gasteiger partial charge in [-0.25, -0.2) is 4.79 Å². The number of phenolic OH excluding ortho intramolecular Hbond substituents is 1. The van der Waals surface area contributed by atoms with Crippen LogP contribution in [0.5, 0.6) is 5.75 Å². The van der Waals surface area contributed by atoms with Crippen LogP contribution in [-0.4, -0.2) is 77.4 Å². The second kappa shape index (κ2) is 14.3. The van der Waals surface area contributed by atoms with Crippen molar-refractivity contribution >= 4 is 23.9 Å². The van der Waals surface area contributed by atoms with Gasteiger partial charge in [0.05, 0.1) is 13.7 Å². The molecule has 2 aromatic rings. The number of methoxy groups -OCH3 is 1. The largest absolute Gasteiger partial charge is 0.508 e. The van der Waals surface area contributed by atoms with Crippen molar-refractivity contribution in [2.24, 2.45) is 0 Å². The molecule has 11 heteroatoms. The molecule has 218 valence electrons. The van der Waals surface area contributed by atoms with Gasteiger partial charge in [-0.05, 0) is 63.4 Å². The van der Waals surface area contributed by atoms with Crippen LogP contribution in [-0.2, 0) is 30.3 Å². The molecular weight excluding hydrogens is 518 g/mol. The van der Waals surface area contributed by atoms with Crippen LogP contribution in [0.3, 0.4) is 0 Å². The lowest BCUT2D eigenvalue weighted by molar-refractivity contribution is -0.145. The summed E-state index contributed by atoms with van der Waals surface area (Å²) in [5, 5.41) is 24.7. The molecule has 0 fully saturated rings. The van der Waals surface area contributed by atoms with Crippen LogP contribution >= 0.6 is 0 Å². The molecule has 0 aliphatic rings. The number of phenols is 1. The van der Waals surface area contributed by atoms with Gasteiger partial charge < -0.3 is 35.2 Å². The van der Waals surface area contributed by atoms with E-state index in [0.717, 1.165) is 5.56 Å². The monoisotopic (exact) mass is 557 g/mol. The lowest BCUT2D eigenvalue weighted by Crippen LogP contribution is -2.54. The molecule has 40 heavy (non-hydrogen) atoms. The number of benzene rings is 2. The molecule has 2 rings (SSSR count). The lowest BCUT2D eigenvalue weighted by Gasteiger charge is -2.34. The van der Waals surface area contributed by atoms with Crippen molar-refractivity contribution in [3.63, 3.8) is 0 Å². The summed E-state index contributed by atoms with van der Waals surface area (Å²) in [6.07, 6.45) is -0.837. The molecule has 0 saturated heterocycles. The SMILES string of the molecule is COC(=O)CNC(=O)C(c1ccc(C)cc1C)N(CCO)C(=O)C(Cc1ccc(O)cc1)NC(=O)OC(C)(C)C. The summed E-state index contributed by atoms with van der Waals surface area (Å²) >= 11 is 0. The number of aliphatic hydroxyl groups excluding tert-OH is 1. The van der Waals surface area contributed by atoms with E-state index in [2.05, 4.69) is 15.4 Å². The van der Waals surface area contributed by atoms with Crippen LogP contribution in [0, 0.1) is 13.8 Å². The average molecular weight is 558 g/mol. The maximum Gasteiger partial charge on any atom is 0.408 e. The number of ether oxygens (including phenoxy) is 2. The van der Waals surface area contributed by atoms with Crippen molar-refractivity contribution in [1.82, 2.24) is 15.5 Å². The molecule has 0 spiro atoms. The fourth-order valence-electron chi connectivity index (χ4n) is 4.10.